The van der Waals surface area contributed by atoms with Crippen molar-refractivity contribution in [1.82, 2.24) is 0 Å². The first kappa shape index (κ1) is 11.7. The number of aliphatic hydroxyl groups is 1. The Morgan fingerprint density at radius 1 is 1.53 bits per heavy atom. The molecule has 0 aliphatic heterocycles. The van der Waals surface area contributed by atoms with Crippen LogP contribution >= 0.6 is 0 Å². The lowest BCUT2D eigenvalue weighted by molar-refractivity contribution is -0.683. The molecule has 4 heteroatoms. The molecule has 0 saturated heterocycles. The van der Waals surface area contributed by atoms with Gasteiger partial charge in [0, 0.05) is 6.07 Å². The van der Waals surface area contributed by atoms with Crippen molar-refractivity contribution in [3.8, 4) is 0 Å². The zero-order valence-corrected chi connectivity index (χ0v) is 8.97. The molecule has 0 bridgehead atoms. The highest BCUT2D eigenvalue weighted by Crippen LogP contribution is 2.14. The van der Waals surface area contributed by atoms with Crippen LogP contribution in [-0.4, -0.2) is 16.2 Å². The molecule has 1 rings (SSSR count). The van der Waals surface area contributed by atoms with Gasteiger partial charge in [0.25, 0.3) is 0 Å². The van der Waals surface area contributed by atoms with Gasteiger partial charge in [-0.2, -0.15) is 0 Å². The maximum atomic E-state index is 10.7. The molecule has 1 aromatic rings. The standard InChI is InChI=1S/C11H15NO3/c1-3-4-10(13)9-6-5-8(11(14)15)7-12(9)2/h5-7,10,13H,3-4H2,1-2H3/p+1/t10-/m0/s1. The topological polar surface area (TPSA) is 61.4 Å². The third-order valence-electron chi connectivity index (χ3n) is 2.32. The van der Waals surface area contributed by atoms with Gasteiger partial charge in [-0.05, 0) is 12.5 Å². The lowest BCUT2D eigenvalue weighted by Gasteiger charge is -2.07. The van der Waals surface area contributed by atoms with Crippen molar-refractivity contribution in [2.24, 2.45) is 7.05 Å². The summed E-state index contributed by atoms with van der Waals surface area (Å²) in [6.45, 7) is 1.99. The molecule has 1 atom stereocenters. The van der Waals surface area contributed by atoms with E-state index in [4.69, 9.17) is 5.11 Å². The molecule has 0 radical (unpaired) electrons. The molecule has 0 aromatic carbocycles. The average Bonchev–Trinajstić information content (AvgIpc) is 2.17. The Morgan fingerprint density at radius 3 is 2.67 bits per heavy atom. The second kappa shape index (κ2) is 4.89. The lowest BCUT2D eigenvalue weighted by Crippen LogP contribution is -2.35. The van der Waals surface area contributed by atoms with E-state index in [0.717, 1.165) is 12.1 Å². The van der Waals surface area contributed by atoms with Crippen LogP contribution in [0.3, 0.4) is 0 Å². The van der Waals surface area contributed by atoms with Gasteiger partial charge in [0.1, 0.15) is 18.7 Å². The molecule has 2 N–H and O–H groups in total. The first-order valence-corrected chi connectivity index (χ1v) is 4.97. The molecule has 0 spiro atoms. The number of carbonyl (C=O) groups is 1. The van der Waals surface area contributed by atoms with Crippen molar-refractivity contribution in [2.75, 3.05) is 0 Å². The Balaban J connectivity index is 2.97. The van der Waals surface area contributed by atoms with Crippen molar-refractivity contribution < 1.29 is 19.6 Å². The molecule has 0 unspecified atom stereocenters. The van der Waals surface area contributed by atoms with Crippen LogP contribution in [0.1, 0.15) is 41.9 Å². The number of nitrogens with zero attached hydrogens (tertiary/aromatic N) is 1. The molecule has 0 aliphatic rings. The highest BCUT2D eigenvalue weighted by Gasteiger charge is 2.18. The number of pyridine rings is 1. The number of aryl methyl sites for hydroxylation is 1. The van der Waals surface area contributed by atoms with Gasteiger partial charge in [-0.15, -0.1) is 0 Å². The Hall–Kier alpha value is -1.42. The van der Waals surface area contributed by atoms with Crippen molar-refractivity contribution in [3.63, 3.8) is 0 Å². The summed E-state index contributed by atoms with van der Waals surface area (Å²) >= 11 is 0. The third kappa shape index (κ3) is 2.76. The van der Waals surface area contributed by atoms with E-state index in [1.54, 1.807) is 17.7 Å². The normalized spacial score (nSPS) is 12.5. The molecule has 4 nitrogen and oxygen atoms in total. The molecule has 1 heterocycles. The van der Waals surface area contributed by atoms with Gasteiger partial charge in [0.05, 0.1) is 0 Å². The molecule has 0 saturated carbocycles. The van der Waals surface area contributed by atoms with E-state index in [1.807, 2.05) is 6.92 Å². The Labute approximate surface area is 88.8 Å². The number of aromatic carboxylic acids is 1. The molecule has 1 aromatic heterocycles. The van der Waals surface area contributed by atoms with Crippen molar-refractivity contribution >= 4 is 5.97 Å². The SMILES string of the molecule is CCC[C@H](O)c1ccc(C(=O)O)c[n+]1C. The highest BCUT2D eigenvalue weighted by molar-refractivity contribution is 5.86. The smallest absolute Gasteiger partial charge is 0.341 e. The highest BCUT2D eigenvalue weighted by atomic mass is 16.4. The van der Waals surface area contributed by atoms with Gasteiger partial charge >= 0.3 is 5.97 Å². The second-order valence-corrected chi connectivity index (χ2v) is 3.56. The Kier molecular flexibility index (Phi) is 3.80. The maximum Gasteiger partial charge on any atom is 0.341 e. The van der Waals surface area contributed by atoms with Gasteiger partial charge < -0.3 is 10.2 Å². The van der Waals surface area contributed by atoms with Crippen LogP contribution < -0.4 is 4.57 Å². The quantitative estimate of drug-likeness (QED) is 0.730. The van der Waals surface area contributed by atoms with Crippen LogP contribution in [0.5, 0.6) is 0 Å². The minimum absolute atomic E-state index is 0.227. The van der Waals surface area contributed by atoms with Crippen LogP contribution in [0.4, 0.5) is 0 Å². The molecule has 0 amide bonds. The number of rotatable bonds is 4. The number of carboxylic acid groups (broad SMARTS) is 1. The molecule has 0 fully saturated rings. The number of hydrogen-bond donors (Lipinski definition) is 2. The fraction of sp³-hybridized carbons (Fsp3) is 0.455. The fourth-order valence-electron chi connectivity index (χ4n) is 1.51. The predicted octanol–water partition coefficient (Wildman–Crippen LogP) is 1.04. The first-order valence-electron chi connectivity index (χ1n) is 4.97. The van der Waals surface area contributed by atoms with E-state index in [1.165, 1.54) is 12.3 Å². The zero-order valence-electron chi connectivity index (χ0n) is 8.97. The average molecular weight is 210 g/mol. The summed E-state index contributed by atoms with van der Waals surface area (Å²) < 4.78 is 1.66. The Bertz CT molecular complexity index is 363. The molecule has 15 heavy (non-hydrogen) atoms. The summed E-state index contributed by atoms with van der Waals surface area (Å²) in [4.78, 5) is 10.7. The van der Waals surface area contributed by atoms with E-state index < -0.39 is 12.1 Å². The van der Waals surface area contributed by atoms with Gasteiger partial charge in [0.15, 0.2) is 6.20 Å². The summed E-state index contributed by atoms with van der Waals surface area (Å²) in [7, 11) is 1.74. The summed E-state index contributed by atoms with van der Waals surface area (Å²) in [6, 6.07) is 3.17. The molecular formula is C11H16NO3+. The number of aromatic nitrogens is 1. The van der Waals surface area contributed by atoms with Gasteiger partial charge in [0.2, 0.25) is 5.69 Å². The van der Waals surface area contributed by atoms with E-state index in [2.05, 4.69) is 0 Å². The zero-order chi connectivity index (χ0) is 11.4. The van der Waals surface area contributed by atoms with E-state index in [9.17, 15) is 9.90 Å². The van der Waals surface area contributed by atoms with Crippen molar-refractivity contribution in [1.29, 1.82) is 0 Å². The van der Waals surface area contributed by atoms with Crippen LogP contribution in [-0.2, 0) is 7.05 Å². The molecular weight excluding hydrogens is 194 g/mol. The fourth-order valence-corrected chi connectivity index (χ4v) is 1.51. The van der Waals surface area contributed by atoms with Gasteiger partial charge in [-0.3, -0.25) is 0 Å². The minimum atomic E-state index is -0.956. The summed E-state index contributed by atoms with van der Waals surface area (Å²) in [5.41, 5.74) is 0.965. The van der Waals surface area contributed by atoms with E-state index in [-0.39, 0.29) is 5.56 Å². The van der Waals surface area contributed by atoms with E-state index >= 15 is 0 Å². The first-order chi connectivity index (χ1) is 7.06. The summed E-state index contributed by atoms with van der Waals surface area (Å²) in [5.74, 6) is -0.956. The Morgan fingerprint density at radius 2 is 2.20 bits per heavy atom. The summed E-state index contributed by atoms with van der Waals surface area (Å²) in [5, 5.41) is 18.5. The monoisotopic (exact) mass is 210 g/mol. The predicted molar refractivity (Wildman–Crippen MR) is 54.4 cm³/mol. The number of hydrogen-bond acceptors (Lipinski definition) is 2. The van der Waals surface area contributed by atoms with Gasteiger partial charge in [-0.1, -0.05) is 13.3 Å². The third-order valence-corrected chi connectivity index (χ3v) is 2.32. The number of aliphatic hydroxyl groups excluding tert-OH is 1. The summed E-state index contributed by atoms with van der Waals surface area (Å²) in [6.07, 6.45) is 2.56. The van der Waals surface area contributed by atoms with Crippen molar-refractivity contribution in [2.45, 2.75) is 25.9 Å². The maximum absolute atomic E-state index is 10.7. The van der Waals surface area contributed by atoms with Gasteiger partial charge in [-0.25, -0.2) is 9.36 Å². The second-order valence-electron chi connectivity index (χ2n) is 3.56. The minimum Gasteiger partial charge on any atom is -0.477 e. The van der Waals surface area contributed by atoms with Crippen molar-refractivity contribution in [3.05, 3.63) is 29.6 Å². The molecule has 0 aliphatic carbocycles. The lowest BCUT2D eigenvalue weighted by atomic mass is 10.1. The van der Waals surface area contributed by atoms with Crippen LogP contribution in [0, 0.1) is 0 Å². The van der Waals surface area contributed by atoms with Crippen LogP contribution in [0.2, 0.25) is 0 Å². The number of carboxylic acids is 1. The van der Waals surface area contributed by atoms with Crippen LogP contribution in [0.15, 0.2) is 18.3 Å². The molecule has 82 valence electrons. The largest absolute Gasteiger partial charge is 0.477 e. The van der Waals surface area contributed by atoms with E-state index in [0.29, 0.717) is 6.42 Å². The van der Waals surface area contributed by atoms with Crippen LogP contribution in [0.25, 0.3) is 0 Å².